The predicted octanol–water partition coefficient (Wildman–Crippen LogP) is 3.36. The highest BCUT2D eigenvalue weighted by molar-refractivity contribution is 7.90. The van der Waals surface area contributed by atoms with Crippen LogP contribution >= 0.6 is 0 Å². The van der Waals surface area contributed by atoms with Gasteiger partial charge >= 0.3 is 0 Å². The Morgan fingerprint density at radius 3 is 2.35 bits per heavy atom. The molecular formula is C17H17F2NO2S. The van der Waals surface area contributed by atoms with Crippen LogP contribution in [0.4, 0.5) is 14.5 Å². The van der Waals surface area contributed by atoms with Crippen molar-refractivity contribution in [2.45, 2.75) is 17.2 Å². The van der Waals surface area contributed by atoms with Gasteiger partial charge < -0.3 is 4.90 Å². The third-order valence-electron chi connectivity index (χ3n) is 4.23. The highest BCUT2D eigenvalue weighted by atomic mass is 32.2. The standard InChI is InChI=1S/C17H17F2NO2S/c1-23(21,22)15-5-3-14(4-6-15)20-9-8-13(11-20)12-2-7-16(18)17(19)10-12/h2-7,10,13H,8-9,11H2,1H3. The summed E-state index contributed by atoms with van der Waals surface area (Å²) < 4.78 is 49.4. The van der Waals surface area contributed by atoms with Crippen LogP contribution in [-0.2, 0) is 9.84 Å². The first-order chi connectivity index (χ1) is 10.8. The molecule has 0 aliphatic carbocycles. The van der Waals surface area contributed by atoms with E-state index in [0.29, 0.717) is 6.54 Å². The Bertz CT molecular complexity index is 819. The SMILES string of the molecule is CS(=O)(=O)c1ccc(N2CCC(c3ccc(F)c(F)c3)C2)cc1. The van der Waals surface area contributed by atoms with Crippen LogP contribution in [0, 0.1) is 11.6 Å². The maximum Gasteiger partial charge on any atom is 0.175 e. The third-order valence-corrected chi connectivity index (χ3v) is 5.36. The van der Waals surface area contributed by atoms with E-state index in [4.69, 9.17) is 0 Å². The fraction of sp³-hybridized carbons (Fsp3) is 0.294. The molecule has 1 saturated heterocycles. The Kier molecular flexibility index (Phi) is 4.10. The maximum atomic E-state index is 13.4. The Hall–Kier alpha value is -1.95. The molecule has 1 fully saturated rings. The number of anilines is 1. The van der Waals surface area contributed by atoms with Gasteiger partial charge in [-0.15, -0.1) is 0 Å². The van der Waals surface area contributed by atoms with E-state index in [-0.39, 0.29) is 10.8 Å². The number of sulfone groups is 1. The van der Waals surface area contributed by atoms with E-state index in [0.717, 1.165) is 30.3 Å². The van der Waals surface area contributed by atoms with Gasteiger partial charge in [0, 0.05) is 31.0 Å². The molecule has 0 amide bonds. The van der Waals surface area contributed by atoms with Gasteiger partial charge in [-0.05, 0) is 48.4 Å². The first kappa shape index (κ1) is 15.9. The fourth-order valence-electron chi connectivity index (χ4n) is 2.94. The molecule has 0 bridgehead atoms. The van der Waals surface area contributed by atoms with Gasteiger partial charge in [0.25, 0.3) is 0 Å². The van der Waals surface area contributed by atoms with Crippen LogP contribution in [0.15, 0.2) is 47.4 Å². The van der Waals surface area contributed by atoms with E-state index < -0.39 is 21.5 Å². The van der Waals surface area contributed by atoms with Crippen molar-refractivity contribution in [2.24, 2.45) is 0 Å². The Balaban J connectivity index is 1.75. The maximum absolute atomic E-state index is 13.4. The monoisotopic (exact) mass is 337 g/mol. The van der Waals surface area contributed by atoms with Crippen molar-refractivity contribution in [3.05, 3.63) is 59.7 Å². The molecule has 0 radical (unpaired) electrons. The molecule has 1 heterocycles. The van der Waals surface area contributed by atoms with Gasteiger partial charge in [0.1, 0.15) is 0 Å². The Morgan fingerprint density at radius 1 is 1.04 bits per heavy atom. The lowest BCUT2D eigenvalue weighted by Gasteiger charge is -2.19. The lowest BCUT2D eigenvalue weighted by Crippen LogP contribution is -2.19. The molecule has 0 spiro atoms. The number of benzene rings is 2. The highest BCUT2D eigenvalue weighted by Crippen LogP contribution is 2.31. The number of hydrogen-bond donors (Lipinski definition) is 0. The summed E-state index contributed by atoms with van der Waals surface area (Å²) in [4.78, 5) is 2.41. The van der Waals surface area contributed by atoms with Gasteiger partial charge in [-0.3, -0.25) is 0 Å². The summed E-state index contributed by atoms with van der Waals surface area (Å²) >= 11 is 0. The van der Waals surface area contributed by atoms with Gasteiger partial charge in [0.15, 0.2) is 21.5 Å². The number of rotatable bonds is 3. The second kappa shape index (κ2) is 5.92. The summed E-state index contributed by atoms with van der Waals surface area (Å²) in [6.07, 6.45) is 2.02. The first-order valence-electron chi connectivity index (χ1n) is 7.34. The molecule has 122 valence electrons. The van der Waals surface area contributed by atoms with Crippen molar-refractivity contribution in [1.29, 1.82) is 0 Å². The topological polar surface area (TPSA) is 37.4 Å². The van der Waals surface area contributed by atoms with E-state index in [1.54, 1.807) is 30.3 Å². The molecule has 1 unspecified atom stereocenters. The minimum atomic E-state index is -3.20. The molecule has 1 aliphatic heterocycles. The molecule has 2 aromatic carbocycles. The summed E-state index contributed by atoms with van der Waals surface area (Å²) in [5, 5.41) is 0. The minimum Gasteiger partial charge on any atom is -0.371 e. The van der Waals surface area contributed by atoms with Crippen molar-refractivity contribution in [3.63, 3.8) is 0 Å². The molecule has 1 atom stereocenters. The highest BCUT2D eigenvalue weighted by Gasteiger charge is 2.25. The molecule has 0 N–H and O–H groups in total. The fourth-order valence-corrected chi connectivity index (χ4v) is 3.57. The smallest absolute Gasteiger partial charge is 0.175 e. The number of hydrogen-bond acceptors (Lipinski definition) is 3. The molecule has 6 heteroatoms. The zero-order valence-electron chi connectivity index (χ0n) is 12.7. The van der Waals surface area contributed by atoms with Crippen LogP contribution in [0.2, 0.25) is 0 Å². The van der Waals surface area contributed by atoms with E-state index in [1.165, 1.54) is 12.3 Å². The summed E-state index contributed by atoms with van der Waals surface area (Å²) in [6, 6.07) is 10.8. The number of nitrogens with zero attached hydrogens (tertiary/aromatic N) is 1. The average Bonchev–Trinajstić information content (AvgIpc) is 2.99. The van der Waals surface area contributed by atoms with Gasteiger partial charge in [-0.2, -0.15) is 0 Å². The Labute approximate surface area is 134 Å². The summed E-state index contributed by atoms with van der Waals surface area (Å²) in [5.74, 6) is -1.52. The predicted molar refractivity (Wildman–Crippen MR) is 85.5 cm³/mol. The lowest BCUT2D eigenvalue weighted by atomic mass is 9.98. The zero-order valence-corrected chi connectivity index (χ0v) is 13.5. The van der Waals surface area contributed by atoms with Crippen LogP contribution in [0.25, 0.3) is 0 Å². The minimum absolute atomic E-state index is 0.139. The van der Waals surface area contributed by atoms with E-state index >= 15 is 0 Å². The normalized spacial score (nSPS) is 18.4. The van der Waals surface area contributed by atoms with Crippen LogP contribution in [0.1, 0.15) is 17.9 Å². The molecule has 1 aliphatic rings. The van der Waals surface area contributed by atoms with Crippen LogP contribution < -0.4 is 4.90 Å². The molecule has 0 aromatic heterocycles. The molecule has 0 saturated carbocycles. The van der Waals surface area contributed by atoms with Gasteiger partial charge in [0.2, 0.25) is 0 Å². The molecule has 3 rings (SSSR count). The summed E-state index contributed by atoms with van der Waals surface area (Å²) in [5.41, 5.74) is 1.72. The lowest BCUT2D eigenvalue weighted by molar-refractivity contribution is 0.505. The van der Waals surface area contributed by atoms with Crippen LogP contribution in [0.5, 0.6) is 0 Å². The molecular weight excluding hydrogens is 320 g/mol. The number of halogens is 2. The second-order valence-electron chi connectivity index (χ2n) is 5.87. The van der Waals surface area contributed by atoms with E-state index in [1.807, 2.05) is 0 Å². The van der Waals surface area contributed by atoms with Crippen LogP contribution in [0.3, 0.4) is 0 Å². The van der Waals surface area contributed by atoms with E-state index in [9.17, 15) is 17.2 Å². The zero-order chi connectivity index (χ0) is 16.6. The Morgan fingerprint density at radius 2 is 1.74 bits per heavy atom. The van der Waals surface area contributed by atoms with Crippen molar-refractivity contribution in [2.75, 3.05) is 24.2 Å². The third kappa shape index (κ3) is 3.37. The molecule has 3 nitrogen and oxygen atoms in total. The van der Waals surface area contributed by atoms with Crippen LogP contribution in [-0.4, -0.2) is 27.8 Å². The van der Waals surface area contributed by atoms with Gasteiger partial charge in [-0.1, -0.05) is 6.07 Å². The van der Waals surface area contributed by atoms with Crippen molar-refractivity contribution >= 4 is 15.5 Å². The van der Waals surface area contributed by atoms with Crippen molar-refractivity contribution in [3.8, 4) is 0 Å². The van der Waals surface area contributed by atoms with Crippen molar-refractivity contribution in [1.82, 2.24) is 0 Å². The second-order valence-corrected chi connectivity index (χ2v) is 7.89. The molecule has 2 aromatic rings. The van der Waals surface area contributed by atoms with Gasteiger partial charge in [-0.25, -0.2) is 17.2 Å². The van der Waals surface area contributed by atoms with Gasteiger partial charge in [0.05, 0.1) is 4.90 Å². The largest absolute Gasteiger partial charge is 0.371 e. The average molecular weight is 337 g/mol. The summed E-state index contributed by atoms with van der Waals surface area (Å²) in [7, 11) is -3.20. The first-order valence-corrected chi connectivity index (χ1v) is 9.24. The van der Waals surface area contributed by atoms with E-state index in [2.05, 4.69) is 4.90 Å². The quantitative estimate of drug-likeness (QED) is 0.862. The molecule has 23 heavy (non-hydrogen) atoms. The summed E-state index contributed by atoms with van der Waals surface area (Å²) in [6.45, 7) is 1.49. The van der Waals surface area contributed by atoms with Crippen molar-refractivity contribution < 1.29 is 17.2 Å².